The van der Waals surface area contributed by atoms with Crippen LogP contribution in [0.25, 0.3) is 0 Å². The molecule has 0 unspecified atom stereocenters. The van der Waals surface area contributed by atoms with Gasteiger partial charge in [-0.15, -0.1) is 0 Å². The molecular formula is C23H25N3O4. The number of aryl methyl sites for hydroxylation is 1. The van der Waals surface area contributed by atoms with Crippen LogP contribution in [-0.4, -0.2) is 35.7 Å². The summed E-state index contributed by atoms with van der Waals surface area (Å²) in [7, 11) is 1.48. The number of carbonyl (C=O) groups is 2. The zero-order chi connectivity index (χ0) is 21.5. The number of hydrogen-bond acceptors (Lipinski definition) is 5. The summed E-state index contributed by atoms with van der Waals surface area (Å²) in [6, 6.07) is 14.9. The molecule has 0 fully saturated rings. The first-order valence-corrected chi connectivity index (χ1v) is 9.61. The van der Waals surface area contributed by atoms with E-state index in [0.29, 0.717) is 30.2 Å². The molecule has 0 aliphatic heterocycles. The largest absolute Gasteiger partial charge is 0.493 e. The van der Waals surface area contributed by atoms with E-state index in [1.54, 1.807) is 18.2 Å². The Morgan fingerprint density at radius 2 is 1.90 bits per heavy atom. The Labute approximate surface area is 175 Å². The van der Waals surface area contributed by atoms with Gasteiger partial charge in [0, 0.05) is 23.4 Å². The Morgan fingerprint density at radius 3 is 2.60 bits per heavy atom. The average Bonchev–Trinajstić information content (AvgIpc) is 3.03. The quantitative estimate of drug-likeness (QED) is 0.551. The van der Waals surface area contributed by atoms with Crippen molar-refractivity contribution < 1.29 is 19.1 Å². The number of methoxy groups -OCH3 is 1. The van der Waals surface area contributed by atoms with E-state index in [1.807, 2.05) is 36.7 Å². The molecule has 2 aromatic carbocycles. The van der Waals surface area contributed by atoms with Crippen molar-refractivity contribution in [2.45, 2.75) is 26.9 Å². The smallest absolute Gasteiger partial charge is 0.258 e. The predicted octanol–water partition coefficient (Wildman–Crippen LogP) is 3.06. The molecule has 156 valence electrons. The van der Waals surface area contributed by atoms with Gasteiger partial charge in [-0.1, -0.05) is 30.3 Å². The highest BCUT2D eigenvalue weighted by molar-refractivity contribution is 5.78. The summed E-state index contributed by atoms with van der Waals surface area (Å²) >= 11 is 0. The van der Waals surface area contributed by atoms with Gasteiger partial charge in [-0.25, -0.2) is 0 Å². The molecule has 3 aromatic rings. The predicted molar refractivity (Wildman–Crippen MR) is 113 cm³/mol. The van der Waals surface area contributed by atoms with E-state index in [1.165, 1.54) is 12.7 Å². The van der Waals surface area contributed by atoms with Crippen molar-refractivity contribution in [2.24, 2.45) is 0 Å². The lowest BCUT2D eigenvalue weighted by molar-refractivity contribution is -0.123. The molecule has 0 saturated carbocycles. The topological polar surface area (TPSA) is 82.4 Å². The Morgan fingerprint density at radius 1 is 1.13 bits per heavy atom. The second-order valence-electron chi connectivity index (χ2n) is 6.89. The van der Waals surface area contributed by atoms with E-state index in [2.05, 4.69) is 22.5 Å². The van der Waals surface area contributed by atoms with Crippen molar-refractivity contribution in [2.75, 3.05) is 13.7 Å². The van der Waals surface area contributed by atoms with E-state index in [0.717, 1.165) is 23.2 Å². The van der Waals surface area contributed by atoms with Crippen molar-refractivity contribution in [3.05, 3.63) is 76.6 Å². The minimum absolute atomic E-state index is 0.160. The van der Waals surface area contributed by atoms with Crippen molar-refractivity contribution in [1.29, 1.82) is 0 Å². The maximum atomic E-state index is 12.3. The van der Waals surface area contributed by atoms with E-state index in [9.17, 15) is 9.59 Å². The molecule has 7 heteroatoms. The van der Waals surface area contributed by atoms with Gasteiger partial charge in [-0.05, 0) is 37.6 Å². The monoisotopic (exact) mass is 407 g/mol. The fourth-order valence-electron chi connectivity index (χ4n) is 3.16. The second-order valence-corrected chi connectivity index (χ2v) is 6.89. The molecule has 1 N–H and O–H groups in total. The summed E-state index contributed by atoms with van der Waals surface area (Å²) in [6.45, 7) is 4.83. The molecule has 1 aromatic heterocycles. The number of carbonyl (C=O) groups excluding carboxylic acids is 2. The summed E-state index contributed by atoms with van der Waals surface area (Å²) in [5.41, 5.74) is 4.54. The number of aldehydes is 1. The second kappa shape index (κ2) is 9.73. The van der Waals surface area contributed by atoms with Crippen LogP contribution in [0, 0.1) is 13.8 Å². The van der Waals surface area contributed by atoms with Gasteiger partial charge in [0.15, 0.2) is 18.1 Å². The van der Waals surface area contributed by atoms with Crippen LogP contribution >= 0.6 is 0 Å². The Balaban J connectivity index is 1.58. The Kier molecular flexibility index (Phi) is 6.85. The average molecular weight is 407 g/mol. The van der Waals surface area contributed by atoms with Crippen molar-refractivity contribution in [3.63, 3.8) is 0 Å². The van der Waals surface area contributed by atoms with Gasteiger partial charge in [0.25, 0.3) is 5.91 Å². The minimum atomic E-state index is -0.258. The Bertz CT molecular complexity index is 1030. The normalized spacial score (nSPS) is 10.5. The fraction of sp³-hybridized carbons (Fsp3) is 0.261. The van der Waals surface area contributed by atoms with Crippen LogP contribution in [0.5, 0.6) is 11.5 Å². The van der Waals surface area contributed by atoms with Gasteiger partial charge in [-0.2, -0.15) is 5.10 Å². The van der Waals surface area contributed by atoms with Crippen LogP contribution in [0.2, 0.25) is 0 Å². The number of ether oxygens (including phenoxy) is 2. The third-order valence-electron chi connectivity index (χ3n) is 4.85. The highest BCUT2D eigenvalue weighted by atomic mass is 16.5. The van der Waals surface area contributed by atoms with Gasteiger partial charge in [0.1, 0.15) is 6.29 Å². The molecule has 0 saturated heterocycles. The van der Waals surface area contributed by atoms with Gasteiger partial charge < -0.3 is 14.8 Å². The lowest BCUT2D eigenvalue weighted by Crippen LogP contribution is -2.28. The van der Waals surface area contributed by atoms with Crippen LogP contribution in [-0.2, 0) is 17.9 Å². The first-order valence-electron chi connectivity index (χ1n) is 9.61. The zero-order valence-corrected chi connectivity index (χ0v) is 17.3. The highest BCUT2D eigenvalue weighted by Crippen LogP contribution is 2.27. The van der Waals surface area contributed by atoms with Gasteiger partial charge in [0.2, 0.25) is 0 Å². The van der Waals surface area contributed by atoms with Gasteiger partial charge in [-0.3, -0.25) is 14.3 Å². The Hall–Kier alpha value is -3.61. The number of benzene rings is 2. The van der Waals surface area contributed by atoms with Crippen LogP contribution < -0.4 is 14.8 Å². The van der Waals surface area contributed by atoms with Crippen LogP contribution in [0.1, 0.15) is 32.9 Å². The maximum absolute atomic E-state index is 12.3. The molecular weight excluding hydrogens is 382 g/mol. The summed E-state index contributed by atoms with van der Waals surface area (Å²) in [6.07, 6.45) is 0.724. The molecule has 7 nitrogen and oxygen atoms in total. The number of rotatable bonds is 9. The van der Waals surface area contributed by atoms with Crippen LogP contribution in [0.4, 0.5) is 0 Å². The third kappa shape index (κ3) is 5.05. The fourth-order valence-corrected chi connectivity index (χ4v) is 3.16. The third-order valence-corrected chi connectivity index (χ3v) is 4.85. The number of hydrogen-bond donors (Lipinski definition) is 1. The first-order chi connectivity index (χ1) is 14.5. The van der Waals surface area contributed by atoms with Crippen LogP contribution in [0.15, 0.2) is 48.5 Å². The van der Waals surface area contributed by atoms with Crippen molar-refractivity contribution in [3.8, 4) is 11.5 Å². The zero-order valence-electron chi connectivity index (χ0n) is 17.3. The number of aromatic nitrogens is 2. The van der Waals surface area contributed by atoms with Gasteiger partial charge >= 0.3 is 0 Å². The summed E-state index contributed by atoms with van der Waals surface area (Å²) in [4.78, 5) is 23.1. The molecule has 0 radical (unpaired) electrons. The number of amides is 1. The first kappa shape index (κ1) is 21.1. The standard InChI is InChI=1S/C23H25N3O4/c1-16-20(17(2)26(25-16)13-18-7-5-4-6-8-18)12-24-23(28)15-30-21-10-9-19(14-27)11-22(21)29-3/h4-11,14H,12-13,15H2,1-3H3,(H,24,28). The lowest BCUT2D eigenvalue weighted by Gasteiger charge is -2.11. The summed E-state index contributed by atoms with van der Waals surface area (Å²) in [5, 5.41) is 7.48. The summed E-state index contributed by atoms with van der Waals surface area (Å²) in [5.74, 6) is 0.550. The molecule has 0 spiro atoms. The molecule has 1 heterocycles. The molecule has 0 aliphatic carbocycles. The summed E-state index contributed by atoms with van der Waals surface area (Å²) < 4.78 is 12.7. The minimum Gasteiger partial charge on any atom is -0.493 e. The molecule has 1 amide bonds. The molecule has 3 rings (SSSR count). The SMILES string of the molecule is COc1cc(C=O)ccc1OCC(=O)NCc1c(C)nn(Cc2ccccc2)c1C. The molecule has 30 heavy (non-hydrogen) atoms. The molecule has 0 aliphatic rings. The number of nitrogens with one attached hydrogen (secondary N) is 1. The van der Waals surface area contributed by atoms with E-state index in [-0.39, 0.29) is 12.5 Å². The van der Waals surface area contributed by atoms with E-state index in [4.69, 9.17) is 9.47 Å². The molecule has 0 bridgehead atoms. The van der Waals surface area contributed by atoms with Gasteiger partial charge in [0.05, 0.1) is 19.3 Å². The van der Waals surface area contributed by atoms with Crippen molar-refractivity contribution >= 4 is 12.2 Å². The highest BCUT2D eigenvalue weighted by Gasteiger charge is 2.14. The van der Waals surface area contributed by atoms with Crippen LogP contribution in [0.3, 0.4) is 0 Å². The van der Waals surface area contributed by atoms with Crippen molar-refractivity contribution in [1.82, 2.24) is 15.1 Å². The van der Waals surface area contributed by atoms with E-state index >= 15 is 0 Å². The van der Waals surface area contributed by atoms with E-state index < -0.39 is 0 Å². The molecule has 0 atom stereocenters. The lowest BCUT2D eigenvalue weighted by atomic mass is 10.2. The maximum Gasteiger partial charge on any atom is 0.258 e. The number of nitrogens with zero attached hydrogens (tertiary/aromatic N) is 2.